The highest BCUT2D eigenvalue weighted by molar-refractivity contribution is 5.06. The highest BCUT2D eigenvalue weighted by Crippen LogP contribution is 2.30. The van der Waals surface area contributed by atoms with Crippen molar-refractivity contribution >= 4 is 0 Å². The molecule has 0 spiro atoms. The first-order chi connectivity index (χ1) is 8.12. The van der Waals surface area contributed by atoms with Gasteiger partial charge in [-0.3, -0.25) is 5.84 Å². The second-order valence-corrected chi connectivity index (χ2v) is 4.27. The molecule has 0 aromatic carbocycles. The van der Waals surface area contributed by atoms with Gasteiger partial charge in [0.05, 0.1) is 5.60 Å². The molecule has 0 aliphatic carbocycles. The molecule has 0 radical (unpaired) electrons. The van der Waals surface area contributed by atoms with Gasteiger partial charge in [-0.1, -0.05) is 6.92 Å². The number of aryl methyl sites for hydroxylation is 1. The zero-order valence-electron chi connectivity index (χ0n) is 11.2. The Labute approximate surface area is 103 Å². The molecule has 0 amide bonds. The van der Waals surface area contributed by atoms with E-state index in [1.54, 1.807) is 6.20 Å². The van der Waals surface area contributed by atoms with Gasteiger partial charge in [0.25, 0.3) is 0 Å². The Hall–Kier alpha value is -0.910. The largest absolute Gasteiger partial charge is 0.373 e. The quantitative estimate of drug-likeness (QED) is 0.561. The van der Waals surface area contributed by atoms with Crippen molar-refractivity contribution in [3.05, 3.63) is 18.2 Å². The summed E-state index contributed by atoms with van der Waals surface area (Å²) in [7, 11) is 0. The van der Waals surface area contributed by atoms with Crippen LogP contribution in [0.15, 0.2) is 12.4 Å². The van der Waals surface area contributed by atoms with E-state index in [0.717, 1.165) is 18.8 Å². The number of ether oxygens (including phenoxy) is 1. The fourth-order valence-corrected chi connectivity index (χ4v) is 2.09. The molecular weight excluding hydrogens is 216 g/mol. The van der Waals surface area contributed by atoms with Crippen LogP contribution >= 0.6 is 0 Å². The molecule has 0 fully saturated rings. The van der Waals surface area contributed by atoms with Crippen molar-refractivity contribution in [2.75, 3.05) is 6.61 Å². The fraction of sp³-hybridized carbons (Fsp3) is 0.750. The van der Waals surface area contributed by atoms with Crippen LogP contribution in [-0.2, 0) is 11.3 Å². The number of hydrogen-bond donors (Lipinski definition) is 2. The lowest BCUT2D eigenvalue weighted by molar-refractivity contribution is -0.0590. The third-order valence-corrected chi connectivity index (χ3v) is 3.30. The highest BCUT2D eigenvalue weighted by atomic mass is 16.5. The molecule has 17 heavy (non-hydrogen) atoms. The van der Waals surface area contributed by atoms with Gasteiger partial charge in [0.1, 0.15) is 11.9 Å². The summed E-state index contributed by atoms with van der Waals surface area (Å²) in [6, 6.07) is -0.109. The van der Waals surface area contributed by atoms with E-state index in [4.69, 9.17) is 10.6 Å². The third-order valence-electron chi connectivity index (χ3n) is 3.30. The second-order valence-electron chi connectivity index (χ2n) is 4.27. The van der Waals surface area contributed by atoms with Crippen molar-refractivity contribution in [1.29, 1.82) is 0 Å². The van der Waals surface area contributed by atoms with Gasteiger partial charge in [-0.15, -0.1) is 0 Å². The van der Waals surface area contributed by atoms with E-state index in [0.29, 0.717) is 6.61 Å². The van der Waals surface area contributed by atoms with E-state index >= 15 is 0 Å². The number of imidazole rings is 1. The van der Waals surface area contributed by atoms with Crippen LogP contribution in [0.3, 0.4) is 0 Å². The number of rotatable bonds is 7. The Bertz CT molecular complexity index is 339. The lowest BCUT2D eigenvalue weighted by Crippen LogP contribution is -2.47. The summed E-state index contributed by atoms with van der Waals surface area (Å²) in [5.74, 6) is 6.62. The number of nitrogens with one attached hydrogen (secondary N) is 1. The van der Waals surface area contributed by atoms with E-state index < -0.39 is 0 Å². The summed E-state index contributed by atoms with van der Waals surface area (Å²) < 4.78 is 7.94. The summed E-state index contributed by atoms with van der Waals surface area (Å²) in [4.78, 5) is 4.39. The molecule has 0 aliphatic rings. The smallest absolute Gasteiger partial charge is 0.130 e. The monoisotopic (exact) mass is 240 g/mol. The molecular formula is C12H24N4O. The molecule has 0 saturated carbocycles. The standard InChI is InChI=1S/C12H24N4O/c1-5-12(4,17-7-3)10(15-13)11-14-8-9-16(11)6-2/h8-10,15H,5-7,13H2,1-4H3. The number of aromatic nitrogens is 2. The van der Waals surface area contributed by atoms with Gasteiger partial charge >= 0.3 is 0 Å². The molecule has 0 bridgehead atoms. The molecule has 5 heteroatoms. The average molecular weight is 240 g/mol. The number of hydrazine groups is 1. The van der Waals surface area contributed by atoms with Crippen LogP contribution in [-0.4, -0.2) is 21.8 Å². The zero-order chi connectivity index (χ0) is 12.9. The van der Waals surface area contributed by atoms with Gasteiger partial charge in [-0.05, 0) is 27.2 Å². The van der Waals surface area contributed by atoms with Crippen LogP contribution in [0, 0.1) is 0 Å². The molecule has 5 nitrogen and oxygen atoms in total. The van der Waals surface area contributed by atoms with Gasteiger partial charge in [-0.2, -0.15) is 0 Å². The van der Waals surface area contributed by atoms with E-state index in [9.17, 15) is 0 Å². The minimum atomic E-state index is -0.345. The summed E-state index contributed by atoms with van der Waals surface area (Å²) in [5.41, 5.74) is 2.50. The Morgan fingerprint density at radius 3 is 2.71 bits per heavy atom. The lowest BCUT2D eigenvalue weighted by atomic mass is 9.92. The molecule has 1 aromatic heterocycles. The summed E-state index contributed by atoms with van der Waals surface area (Å²) in [5, 5.41) is 0. The minimum absolute atomic E-state index is 0.109. The fourth-order valence-electron chi connectivity index (χ4n) is 2.09. The molecule has 1 rings (SSSR count). The number of nitrogens with two attached hydrogens (primary N) is 1. The number of hydrogen-bond acceptors (Lipinski definition) is 4. The topological polar surface area (TPSA) is 65.1 Å². The van der Waals surface area contributed by atoms with E-state index in [1.165, 1.54) is 0 Å². The van der Waals surface area contributed by atoms with Crippen molar-refractivity contribution in [3.63, 3.8) is 0 Å². The third kappa shape index (κ3) is 2.86. The second kappa shape index (κ2) is 6.14. The van der Waals surface area contributed by atoms with E-state index in [1.807, 2.05) is 13.1 Å². The minimum Gasteiger partial charge on any atom is -0.373 e. The summed E-state index contributed by atoms with van der Waals surface area (Å²) >= 11 is 0. The van der Waals surface area contributed by atoms with Crippen molar-refractivity contribution in [3.8, 4) is 0 Å². The van der Waals surface area contributed by atoms with Crippen molar-refractivity contribution in [1.82, 2.24) is 15.0 Å². The van der Waals surface area contributed by atoms with Crippen LogP contribution in [0.5, 0.6) is 0 Å². The van der Waals surface area contributed by atoms with Crippen LogP contribution in [0.25, 0.3) is 0 Å². The predicted molar refractivity (Wildman–Crippen MR) is 68.3 cm³/mol. The lowest BCUT2D eigenvalue weighted by Gasteiger charge is -2.36. The summed E-state index contributed by atoms with van der Waals surface area (Å²) in [6.45, 7) is 9.78. The highest BCUT2D eigenvalue weighted by Gasteiger charge is 2.36. The molecule has 98 valence electrons. The maximum absolute atomic E-state index is 5.86. The maximum Gasteiger partial charge on any atom is 0.130 e. The van der Waals surface area contributed by atoms with Crippen LogP contribution in [0.1, 0.15) is 46.0 Å². The Morgan fingerprint density at radius 1 is 1.53 bits per heavy atom. The van der Waals surface area contributed by atoms with Crippen LogP contribution in [0.2, 0.25) is 0 Å². The van der Waals surface area contributed by atoms with Crippen molar-refractivity contribution in [2.45, 2.75) is 52.3 Å². The molecule has 0 aliphatic heterocycles. The van der Waals surface area contributed by atoms with Gasteiger partial charge < -0.3 is 9.30 Å². The van der Waals surface area contributed by atoms with Crippen LogP contribution < -0.4 is 11.3 Å². The van der Waals surface area contributed by atoms with Gasteiger partial charge in [-0.25, -0.2) is 10.4 Å². The Kier molecular flexibility index (Phi) is 5.11. The first-order valence-electron chi connectivity index (χ1n) is 6.24. The van der Waals surface area contributed by atoms with Crippen LogP contribution in [0.4, 0.5) is 0 Å². The molecule has 0 saturated heterocycles. The first kappa shape index (κ1) is 14.2. The summed E-state index contributed by atoms with van der Waals surface area (Å²) in [6.07, 6.45) is 4.62. The maximum atomic E-state index is 5.86. The predicted octanol–water partition coefficient (Wildman–Crippen LogP) is 1.61. The van der Waals surface area contributed by atoms with Crippen molar-refractivity contribution in [2.24, 2.45) is 5.84 Å². The first-order valence-corrected chi connectivity index (χ1v) is 6.24. The van der Waals surface area contributed by atoms with Gasteiger partial charge in [0.2, 0.25) is 0 Å². The molecule has 2 unspecified atom stereocenters. The normalized spacial score (nSPS) is 16.8. The van der Waals surface area contributed by atoms with E-state index in [2.05, 4.69) is 35.7 Å². The Balaban J connectivity index is 3.04. The van der Waals surface area contributed by atoms with Crippen molar-refractivity contribution < 1.29 is 4.74 Å². The molecule has 3 N–H and O–H groups in total. The zero-order valence-corrected chi connectivity index (χ0v) is 11.2. The molecule has 1 aromatic rings. The van der Waals surface area contributed by atoms with Gasteiger partial charge in [0.15, 0.2) is 0 Å². The number of nitrogens with zero attached hydrogens (tertiary/aromatic N) is 2. The molecule has 2 atom stereocenters. The molecule has 1 heterocycles. The van der Waals surface area contributed by atoms with Gasteiger partial charge in [0, 0.05) is 25.5 Å². The Morgan fingerprint density at radius 2 is 2.24 bits per heavy atom. The average Bonchev–Trinajstić information content (AvgIpc) is 2.78. The van der Waals surface area contributed by atoms with E-state index in [-0.39, 0.29) is 11.6 Å². The SMILES string of the molecule is CCOC(C)(CC)C(NN)c1nccn1CC.